The summed E-state index contributed by atoms with van der Waals surface area (Å²) in [6.45, 7) is 5.15. The fourth-order valence-corrected chi connectivity index (χ4v) is 2.30. The maximum atomic E-state index is 11.0. The second-order valence-corrected chi connectivity index (χ2v) is 5.20. The van der Waals surface area contributed by atoms with Gasteiger partial charge in [0.1, 0.15) is 17.6 Å². The van der Waals surface area contributed by atoms with Crippen molar-refractivity contribution >= 4 is 6.09 Å². The number of rotatable bonds is 10. The predicted octanol–water partition coefficient (Wildman–Crippen LogP) is 3.05. The van der Waals surface area contributed by atoms with Crippen LogP contribution in [-0.2, 0) is 22.5 Å². The van der Waals surface area contributed by atoms with E-state index in [-0.39, 0.29) is 6.10 Å². The molecule has 0 aliphatic heterocycles. The van der Waals surface area contributed by atoms with Gasteiger partial charge in [-0.2, -0.15) is 0 Å². The van der Waals surface area contributed by atoms with Crippen LogP contribution < -0.4 is 15.2 Å². The van der Waals surface area contributed by atoms with E-state index in [0.717, 1.165) is 23.3 Å². The third kappa shape index (κ3) is 5.98. The normalized spacial score (nSPS) is 11.8. The molecule has 6 nitrogen and oxygen atoms in total. The van der Waals surface area contributed by atoms with Gasteiger partial charge >= 0.3 is 6.09 Å². The van der Waals surface area contributed by atoms with Crippen molar-refractivity contribution in [2.45, 2.75) is 45.8 Å². The maximum absolute atomic E-state index is 11.0. The van der Waals surface area contributed by atoms with Crippen molar-refractivity contribution in [1.29, 1.82) is 0 Å². The smallest absolute Gasteiger partial charge is 0.404 e. The van der Waals surface area contributed by atoms with E-state index >= 15 is 0 Å². The van der Waals surface area contributed by atoms with Gasteiger partial charge in [0.25, 0.3) is 0 Å². The lowest BCUT2D eigenvalue weighted by molar-refractivity contribution is 0.103. The fourth-order valence-electron chi connectivity index (χ4n) is 2.30. The van der Waals surface area contributed by atoms with Crippen LogP contribution in [0.25, 0.3) is 0 Å². The molecule has 0 saturated heterocycles. The summed E-state index contributed by atoms with van der Waals surface area (Å²) in [5.41, 5.74) is 6.93. The second-order valence-electron chi connectivity index (χ2n) is 5.20. The zero-order valence-electron chi connectivity index (χ0n) is 14.4. The Morgan fingerprint density at radius 2 is 1.74 bits per heavy atom. The van der Waals surface area contributed by atoms with Gasteiger partial charge in [-0.05, 0) is 25.0 Å². The third-order valence-electron chi connectivity index (χ3n) is 3.48. The van der Waals surface area contributed by atoms with Gasteiger partial charge in [-0.3, -0.25) is 0 Å². The molecular weight excluding hydrogens is 298 g/mol. The average molecular weight is 325 g/mol. The SMILES string of the molecule is CCCOCc1cc(OC)c(CC(CC)OC(N)=O)cc1OC. The number of hydrogen-bond donors (Lipinski definition) is 1. The molecule has 0 aromatic heterocycles. The monoisotopic (exact) mass is 325 g/mol. The number of carbonyl (C=O) groups is 1. The Balaban J connectivity index is 3.00. The minimum absolute atomic E-state index is 0.298. The zero-order valence-corrected chi connectivity index (χ0v) is 14.4. The molecule has 6 heteroatoms. The highest BCUT2D eigenvalue weighted by atomic mass is 16.6. The summed E-state index contributed by atoms with van der Waals surface area (Å²) in [6, 6.07) is 3.80. The maximum Gasteiger partial charge on any atom is 0.404 e. The van der Waals surface area contributed by atoms with Gasteiger partial charge in [0.15, 0.2) is 0 Å². The van der Waals surface area contributed by atoms with E-state index in [1.54, 1.807) is 14.2 Å². The molecule has 1 aromatic carbocycles. The number of hydrogen-bond acceptors (Lipinski definition) is 5. The van der Waals surface area contributed by atoms with Gasteiger partial charge in [-0.1, -0.05) is 13.8 Å². The van der Waals surface area contributed by atoms with Gasteiger partial charge in [0.2, 0.25) is 0 Å². The van der Waals surface area contributed by atoms with Crippen molar-refractivity contribution in [2.24, 2.45) is 5.73 Å². The molecule has 1 aromatic rings. The molecule has 0 saturated carbocycles. The van der Waals surface area contributed by atoms with Crippen LogP contribution in [0.5, 0.6) is 11.5 Å². The first-order valence-electron chi connectivity index (χ1n) is 7.83. The van der Waals surface area contributed by atoms with Crippen LogP contribution in [0.1, 0.15) is 37.8 Å². The summed E-state index contributed by atoms with van der Waals surface area (Å²) in [6.07, 6.45) is 1.06. The summed E-state index contributed by atoms with van der Waals surface area (Å²) >= 11 is 0. The van der Waals surface area contributed by atoms with Gasteiger partial charge < -0.3 is 24.7 Å². The first-order valence-corrected chi connectivity index (χ1v) is 7.83. The van der Waals surface area contributed by atoms with Crippen LogP contribution in [0, 0.1) is 0 Å². The predicted molar refractivity (Wildman–Crippen MR) is 87.9 cm³/mol. The fraction of sp³-hybridized carbons (Fsp3) is 0.588. The van der Waals surface area contributed by atoms with Crippen molar-refractivity contribution in [3.63, 3.8) is 0 Å². The van der Waals surface area contributed by atoms with E-state index < -0.39 is 6.09 Å². The van der Waals surface area contributed by atoms with E-state index in [0.29, 0.717) is 31.8 Å². The van der Waals surface area contributed by atoms with E-state index in [9.17, 15) is 4.79 Å². The van der Waals surface area contributed by atoms with E-state index in [4.69, 9.17) is 24.7 Å². The van der Waals surface area contributed by atoms with E-state index in [2.05, 4.69) is 6.92 Å². The van der Waals surface area contributed by atoms with Crippen LogP contribution in [-0.4, -0.2) is 33.0 Å². The van der Waals surface area contributed by atoms with E-state index in [1.165, 1.54) is 0 Å². The molecule has 2 N–H and O–H groups in total. The molecule has 0 fully saturated rings. The Labute approximate surface area is 137 Å². The lowest BCUT2D eigenvalue weighted by atomic mass is 10.0. The van der Waals surface area contributed by atoms with Crippen molar-refractivity contribution in [1.82, 2.24) is 0 Å². The summed E-state index contributed by atoms with van der Waals surface area (Å²) in [4.78, 5) is 11.0. The molecule has 0 bridgehead atoms. The van der Waals surface area contributed by atoms with Gasteiger partial charge in [0.05, 0.1) is 20.8 Å². The van der Waals surface area contributed by atoms with Crippen LogP contribution >= 0.6 is 0 Å². The number of carbonyl (C=O) groups excluding carboxylic acids is 1. The molecule has 1 atom stereocenters. The number of primary amides is 1. The molecule has 1 rings (SSSR count). The number of methoxy groups -OCH3 is 2. The van der Waals surface area contributed by atoms with Crippen LogP contribution in [0.2, 0.25) is 0 Å². The van der Waals surface area contributed by atoms with Crippen LogP contribution in [0.4, 0.5) is 4.79 Å². The summed E-state index contributed by atoms with van der Waals surface area (Å²) in [5, 5.41) is 0. The van der Waals surface area contributed by atoms with Crippen molar-refractivity contribution in [2.75, 3.05) is 20.8 Å². The Kier molecular flexibility index (Phi) is 8.26. The van der Waals surface area contributed by atoms with Crippen LogP contribution in [0.3, 0.4) is 0 Å². The lowest BCUT2D eigenvalue weighted by Gasteiger charge is -2.19. The average Bonchev–Trinajstić information content (AvgIpc) is 2.54. The van der Waals surface area contributed by atoms with Crippen molar-refractivity contribution in [3.05, 3.63) is 23.3 Å². The summed E-state index contributed by atoms with van der Waals surface area (Å²) in [7, 11) is 3.23. The van der Waals surface area contributed by atoms with Crippen molar-refractivity contribution < 1.29 is 23.7 Å². The first-order chi connectivity index (χ1) is 11.0. The third-order valence-corrected chi connectivity index (χ3v) is 3.48. The Morgan fingerprint density at radius 1 is 1.13 bits per heavy atom. The Hall–Kier alpha value is -1.95. The molecule has 23 heavy (non-hydrogen) atoms. The minimum atomic E-state index is -0.771. The number of amides is 1. The molecule has 130 valence electrons. The molecule has 0 heterocycles. The molecule has 0 aliphatic carbocycles. The topological polar surface area (TPSA) is 80.0 Å². The summed E-state index contributed by atoms with van der Waals surface area (Å²) in [5.74, 6) is 1.44. The quantitative estimate of drug-likeness (QED) is 0.669. The molecule has 0 radical (unpaired) electrons. The van der Waals surface area contributed by atoms with Gasteiger partial charge in [-0.25, -0.2) is 4.79 Å². The Bertz CT molecular complexity index is 504. The highest BCUT2D eigenvalue weighted by molar-refractivity contribution is 5.64. The van der Waals surface area contributed by atoms with Crippen LogP contribution in [0.15, 0.2) is 12.1 Å². The van der Waals surface area contributed by atoms with Crippen molar-refractivity contribution in [3.8, 4) is 11.5 Å². The summed E-state index contributed by atoms with van der Waals surface area (Å²) < 4.78 is 21.6. The van der Waals surface area contributed by atoms with E-state index in [1.807, 2.05) is 19.1 Å². The largest absolute Gasteiger partial charge is 0.496 e. The molecule has 1 unspecified atom stereocenters. The zero-order chi connectivity index (χ0) is 17.2. The molecular formula is C17H27NO5. The Morgan fingerprint density at radius 3 is 2.26 bits per heavy atom. The number of benzene rings is 1. The molecule has 0 aliphatic rings. The number of nitrogens with two attached hydrogens (primary N) is 1. The molecule has 0 spiro atoms. The second kappa shape index (κ2) is 9.94. The minimum Gasteiger partial charge on any atom is -0.496 e. The lowest BCUT2D eigenvalue weighted by Crippen LogP contribution is -2.24. The highest BCUT2D eigenvalue weighted by Crippen LogP contribution is 2.31. The molecule has 1 amide bonds. The number of ether oxygens (including phenoxy) is 4. The highest BCUT2D eigenvalue weighted by Gasteiger charge is 2.17. The first kappa shape index (κ1) is 19.1. The van der Waals surface area contributed by atoms with Gasteiger partial charge in [-0.15, -0.1) is 0 Å². The standard InChI is InChI=1S/C17H27NO5/c1-5-7-22-11-13-10-15(20-3)12(9-16(13)21-4)8-14(6-2)23-17(18)19/h9-10,14H,5-8,11H2,1-4H3,(H2,18,19). The van der Waals surface area contributed by atoms with Gasteiger partial charge in [0, 0.05) is 24.2 Å².